The molecule has 0 radical (unpaired) electrons. The summed E-state index contributed by atoms with van der Waals surface area (Å²) < 4.78 is 4.86. The first kappa shape index (κ1) is 11.9. The fourth-order valence-electron chi connectivity index (χ4n) is 0.866. The van der Waals surface area contributed by atoms with Crippen LogP contribution in [0.25, 0.3) is 0 Å². The SMILES string of the molecule is C#CCNCC(=O)NC(C)COC. The fourth-order valence-corrected chi connectivity index (χ4v) is 0.866. The lowest BCUT2D eigenvalue weighted by atomic mass is 10.3. The van der Waals surface area contributed by atoms with Crippen LogP contribution < -0.4 is 10.6 Å². The van der Waals surface area contributed by atoms with Crippen molar-refractivity contribution in [3.63, 3.8) is 0 Å². The molecule has 1 unspecified atom stereocenters. The number of terminal acetylenes is 1. The Morgan fingerprint density at radius 2 is 2.38 bits per heavy atom. The van der Waals surface area contributed by atoms with Crippen LogP contribution in [-0.2, 0) is 9.53 Å². The average Bonchev–Trinajstić information content (AvgIpc) is 2.05. The van der Waals surface area contributed by atoms with Crippen molar-refractivity contribution < 1.29 is 9.53 Å². The van der Waals surface area contributed by atoms with Gasteiger partial charge in [0, 0.05) is 13.2 Å². The molecule has 0 aromatic carbocycles. The van der Waals surface area contributed by atoms with E-state index in [0.29, 0.717) is 13.2 Å². The van der Waals surface area contributed by atoms with Gasteiger partial charge in [0.15, 0.2) is 0 Å². The predicted octanol–water partition coefficient (Wildman–Crippen LogP) is -0.640. The van der Waals surface area contributed by atoms with Crippen molar-refractivity contribution in [3.05, 3.63) is 0 Å². The van der Waals surface area contributed by atoms with E-state index >= 15 is 0 Å². The predicted molar refractivity (Wildman–Crippen MR) is 51.2 cm³/mol. The summed E-state index contributed by atoms with van der Waals surface area (Å²) in [6.45, 7) is 3.05. The van der Waals surface area contributed by atoms with E-state index in [4.69, 9.17) is 11.2 Å². The first-order valence-electron chi connectivity index (χ1n) is 4.13. The van der Waals surface area contributed by atoms with Crippen molar-refractivity contribution in [1.82, 2.24) is 10.6 Å². The molecule has 4 nitrogen and oxygen atoms in total. The average molecular weight is 184 g/mol. The summed E-state index contributed by atoms with van der Waals surface area (Å²) in [4.78, 5) is 11.1. The van der Waals surface area contributed by atoms with Gasteiger partial charge in [-0.1, -0.05) is 5.92 Å². The molecule has 74 valence electrons. The lowest BCUT2D eigenvalue weighted by molar-refractivity contribution is -0.121. The van der Waals surface area contributed by atoms with Gasteiger partial charge in [-0.25, -0.2) is 0 Å². The Balaban J connectivity index is 3.45. The minimum Gasteiger partial charge on any atom is -0.383 e. The van der Waals surface area contributed by atoms with Gasteiger partial charge in [0.2, 0.25) is 5.91 Å². The first-order valence-corrected chi connectivity index (χ1v) is 4.13. The maximum atomic E-state index is 11.1. The summed E-state index contributed by atoms with van der Waals surface area (Å²) in [5.41, 5.74) is 0. The van der Waals surface area contributed by atoms with Gasteiger partial charge in [-0.3, -0.25) is 10.1 Å². The van der Waals surface area contributed by atoms with Crippen LogP contribution in [0.15, 0.2) is 0 Å². The van der Waals surface area contributed by atoms with E-state index in [1.807, 2.05) is 6.92 Å². The van der Waals surface area contributed by atoms with Crippen LogP contribution >= 0.6 is 0 Å². The molecule has 0 aliphatic heterocycles. The van der Waals surface area contributed by atoms with E-state index in [1.165, 1.54) is 0 Å². The number of carbonyl (C=O) groups is 1. The molecular weight excluding hydrogens is 168 g/mol. The van der Waals surface area contributed by atoms with E-state index in [0.717, 1.165) is 0 Å². The van der Waals surface area contributed by atoms with Crippen molar-refractivity contribution in [2.45, 2.75) is 13.0 Å². The fraction of sp³-hybridized carbons (Fsp3) is 0.667. The van der Waals surface area contributed by atoms with Gasteiger partial charge < -0.3 is 10.1 Å². The topological polar surface area (TPSA) is 50.4 Å². The highest BCUT2D eigenvalue weighted by Crippen LogP contribution is 1.81. The molecular formula is C9H16N2O2. The zero-order valence-corrected chi connectivity index (χ0v) is 8.09. The summed E-state index contributed by atoms with van der Waals surface area (Å²) in [6.07, 6.45) is 5.00. The first-order chi connectivity index (χ1) is 6.20. The number of nitrogens with one attached hydrogen (secondary N) is 2. The highest BCUT2D eigenvalue weighted by Gasteiger charge is 2.05. The van der Waals surface area contributed by atoms with Crippen molar-refractivity contribution >= 4 is 5.91 Å². The Morgan fingerprint density at radius 1 is 1.69 bits per heavy atom. The van der Waals surface area contributed by atoms with Gasteiger partial charge in [0.25, 0.3) is 0 Å². The van der Waals surface area contributed by atoms with E-state index in [-0.39, 0.29) is 18.5 Å². The molecule has 0 aliphatic carbocycles. The molecule has 1 atom stereocenters. The molecule has 13 heavy (non-hydrogen) atoms. The number of carbonyl (C=O) groups excluding carboxylic acids is 1. The maximum absolute atomic E-state index is 11.1. The Kier molecular flexibility index (Phi) is 6.98. The molecule has 0 aliphatic rings. The van der Waals surface area contributed by atoms with E-state index < -0.39 is 0 Å². The molecule has 0 bridgehead atoms. The van der Waals surface area contributed by atoms with E-state index in [1.54, 1.807) is 7.11 Å². The van der Waals surface area contributed by atoms with Crippen molar-refractivity contribution in [1.29, 1.82) is 0 Å². The van der Waals surface area contributed by atoms with Crippen LogP contribution in [-0.4, -0.2) is 38.8 Å². The molecule has 0 rings (SSSR count). The van der Waals surface area contributed by atoms with Crippen LogP contribution in [0.5, 0.6) is 0 Å². The summed E-state index contributed by atoms with van der Waals surface area (Å²) >= 11 is 0. The molecule has 0 fully saturated rings. The van der Waals surface area contributed by atoms with Gasteiger partial charge in [0.1, 0.15) is 0 Å². The Morgan fingerprint density at radius 3 is 2.92 bits per heavy atom. The molecule has 0 aromatic heterocycles. The van der Waals surface area contributed by atoms with Crippen molar-refractivity contribution in [2.75, 3.05) is 26.8 Å². The van der Waals surface area contributed by atoms with Gasteiger partial charge in [-0.05, 0) is 6.92 Å². The molecule has 0 spiro atoms. The molecule has 2 N–H and O–H groups in total. The van der Waals surface area contributed by atoms with Gasteiger partial charge in [0.05, 0.1) is 19.7 Å². The molecule has 4 heteroatoms. The Hall–Kier alpha value is -1.05. The minimum absolute atomic E-state index is 0.0325. The molecule has 1 amide bonds. The zero-order valence-electron chi connectivity index (χ0n) is 8.09. The van der Waals surface area contributed by atoms with Crippen LogP contribution in [0.1, 0.15) is 6.92 Å². The third kappa shape index (κ3) is 7.32. The van der Waals surface area contributed by atoms with Gasteiger partial charge in [-0.2, -0.15) is 0 Å². The minimum atomic E-state index is -0.0696. The van der Waals surface area contributed by atoms with Crippen LogP contribution in [0.3, 0.4) is 0 Å². The summed E-state index contributed by atoms with van der Waals surface area (Å²) in [6, 6.07) is 0.0325. The van der Waals surface area contributed by atoms with Crippen LogP contribution in [0.4, 0.5) is 0 Å². The second kappa shape index (κ2) is 7.59. The lowest BCUT2D eigenvalue weighted by Crippen LogP contribution is -2.41. The number of amides is 1. The van der Waals surface area contributed by atoms with Gasteiger partial charge in [-0.15, -0.1) is 6.42 Å². The summed E-state index contributed by atoms with van der Waals surface area (Å²) in [5.74, 6) is 2.32. The van der Waals surface area contributed by atoms with Gasteiger partial charge >= 0.3 is 0 Å². The monoisotopic (exact) mass is 184 g/mol. The molecule has 0 heterocycles. The quantitative estimate of drug-likeness (QED) is 0.426. The number of hydrogen-bond acceptors (Lipinski definition) is 3. The number of rotatable bonds is 6. The molecule has 0 aromatic rings. The van der Waals surface area contributed by atoms with Crippen LogP contribution in [0.2, 0.25) is 0 Å². The van der Waals surface area contributed by atoms with Crippen molar-refractivity contribution in [2.24, 2.45) is 0 Å². The lowest BCUT2D eigenvalue weighted by Gasteiger charge is -2.12. The normalized spacial score (nSPS) is 11.8. The second-order valence-electron chi connectivity index (χ2n) is 2.73. The maximum Gasteiger partial charge on any atom is 0.234 e. The van der Waals surface area contributed by atoms with E-state index in [9.17, 15) is 4.79 Å². The number of methoxy groups -OCH3 is 1. The third-order valence-corrected chi connectivity index (χ3v) is 1.34. The van der Waals surface area contributed by atoms with Crippen LogP contribution in [0, 0.1) is 12.3 Å². The highest BCUT2D eigenvalue weighted by molar-refractivity contribution is 5.78. The Labute approximate surface area is 79.0 Å². The van der Waals surface area contributed by atoms with Crippen molar-refractivity contribution in [3.8, 4) is 12.3 Å². The van der Waals surface area contributed by atoms with E-state index in [2.05, 4.69) is 16.6 Å². The molecule has 0 saturated heterocycles. The highest BCUT2D eigenvalue weighted by atomic mass is 16.5. The summed E-state index contributed by atoms with van der Waals surface area (Å²) in [5, 5.41) is 5.54. The largest absolute Gasteiger partial charge is 0.383 e. The standard InChI is InChI=1S/C9H16N2O2/c1-4-5-10-6-9(12)11-8(2)7-13-3/h1,8,10H,5-7H2,2-3H3,(H,11,12). The Bertz CT molecular complexity index is 187. The number of hydrogen-bond donors (Lipinski definition) is 2. The molecule has 0 saturated carbocycles. The smallest absolute Gasteiger partial charge is 0.234 e. The zero-order chi connectivity index (χ0) is 10.1. The number of ether oxygens (including phenoxy) is 1. The third-order valence-electron chi connectivity index (χ3n) is 1.34. The second-order valence-corrected chi connectivity index (χ2v) is 2.73. The summed E-state index contributed by atoms with van der Waals surface area (Å²) in [7, 11) is 1.60.